The fraction of sp³-hybridized carbons (Fsp3) is 0.375. The number of hydrogen-bond acceptors (Lipinski definition) is 5. The van der Waals surface area contributed by atoms with Gasteiger partial charge in [0.2, 0.25) is 0 Å². The van der Waals surface area contributed by atoms with Crippen LogP contribution in [0.2, 0.25) is 0 Å². The Morgan fingerprint density at radius 1 is 1.71 bits per heavy atom. The average molecular weight is 197 g/mol. The smallest absolute Gasteiger partial charge is 0.287 e. The van der Waals surface area contributed by atoms with Crippen LogP contribution in [0.4, 0.5) is 11.5 Å². The zero-order chi connectivity index (χ0) is 10.6. The fourth-order valence-corrected chi connectivity index (χ4v) is 0.851. The second-order valence-electron chi connectivity index (χ2n) is 2.89. The van der Waals surface area contributed by atoms with E-state index in [9.17, 15) is 10.1 Å². The second kappa shape index (κ2) is 4.52. The minimum absolute atomic E-state index is 0.0485. The summed E-state index contributed by atoms with van der Waals surface area (Å²) < 4.78 is 0. The Bertz CT molecular complexity index is 310. The van der Waals surface area contributed by atoms with Crippen molar-refractivity contribution in [2.45, 2.75) is 13.0 Å². The number of pyridine rings is 1. The van der Waals surface area contributed by atoms with Crippen molar-refractivity contribution in [2.75, 3.05) is 11.9 Å². The van der Waals surface area contributed by atoms with Gasteiger partial charge in [-0.05, 0) is 13.0 Å². The van der Waals surface area contributed by atoms with Crippen molar-refractivity contribution in [1.82, 2.24) is 4.98 Å². The van der Waals surface area contributed by atoms with Gasteiger partial charge in [-0.1, -0.05) is 0 Å². The lowest BCUT2D eigenvalue weighted by Crippen LogP contribution is -2.15. The maximum atomic E-state index is 10.3. The van der Waals surface area contributed by atoms with Crippen molar-refractivity contribution in [3.05, 3.63) is 28.4 Å². The van der Waals surface area contributed by atoms with Crippen molar-refractivity contribution < 1.29 is 10.0 Å². The molecule has 0 saturated heterocycles. The Balaban J connectivity index is 2.60. The summed E-state index contributed by atoms with van der Waals surface area (Å²) in [5, 5.41) is 22.1. The standard InChI is InChI=1S/C8H11N3O3/c1-6(12)4-9-8-3-2-7(5-10-8)11(13)14/h2-3,5-6,12H,4H2,1H3,(H,9,10)/t6-/m1/s1. The van der Waals surface area contributed by atoms with Gasteiger partial charge in [0, 0.05) is 12.6 Å². The molecule has 1 aromatic rings. The minimum Gasteiger partial charge on any atom is -0.392 e. The quantitative estimate of drug-likeness (QED) is 0.550. The molecule has 6 nitrogen and oxygen atoms in total. The summed E-state index contributed by atoms with van der Waals surface area (Å²) in [4.78, 5) is 13.6. The molecule has 0 radical (unpaired) electrons. The molecule has 0 fully saturated rings. The molecule has 0 bridgehead atoms. The minimum atomic E-state index is -0.508. The summed E-state index contributed by atoms with van der Waals surface area (Å²) >= 11 is 0. The number of anilines is 1. The SMILES string of the molecule is C[C@@H](O)CNc1ccc([N+](=O)[O-])cn1. The van der Waals surface area contributed by atoms with E-state index < -0.39 is 11.0 Å². The molecule has 0 aliphatic heterocycles. The van der Waals surface area contributed by atoms with Crippen molar-refractivity contribution in [3.63, 3.8) is 0 Å². The third-order valence-electron chi connectivity index (χ3n) is 1.54. The highest BCUT2D eigenvalue weighted by molar-refractivity contribution is 5.40. The largest absolute Gasteiger partial charge is 0.392 e. The van der Waals surface area contributed by atoms with Crippen LogP contribution in [-0.4, -0.2) is 27.7 Å². The van der Waals surface area contributed by atoms with Crippen molar-refractivity contribution in [2.24, 2.45) is 0 Å². The lowest BCUT2D eigenvalue weighted by molar-refractivity contribution is -0.385. The number of hydrogen-bond donors (Lipinski definition) is 2. The highest BCUT2D eigenvalue weighted by Crippen LogP contribution is 2.11. The first-order valence-electron chi connectivity index (χ1n) is 4.12. The van der Waals surface area contributed by atoms with Gasteiger partial charge < -0.3 is 10.4 Å². The van der Waals surface area contributed by atoms with E-state index in [1.807, 2.05) is 0 Å². The summed E-state index contributed by atoms with van der Waals surface area (Å²) in [6.07, 6.45) is 0.691. The van der Waals surface area contributed by atoms with Gasteiger partial charge in [0.25, 0.3) is 5.69 Å². The molecule has 0 amide bonds. The van der Waals surface area contributed by atoms with E-state index in [0.717, 1.165) is 0 Å². The number of nitrogens with zero attached hydrogens (tertiary/aromatic N) is 2. The van der Waals surface area contributed by atoms with E-state index >= 15 is 0 Å². The van der Waals surface area contributed by atoms with Crippen molar-refractivity contribution in [3.8, 4) is 0 Å². The fourth-order valence-electron chi connectivity index (χ4n) is 0.851. The van der Waals surface area contributed by atoms with E-state index in [1.165, 1.54) is 18.3 Å². The Kier molecular flexibility index (Phi) is 3.35. The summed E-state index contributed by atoms with van der Waals surface area (Å²) in [5.74, 6) is 0.511. The first-order valence-corrected chi connectivity index (χ1v) is 4.12. The van der Waals surface area contributed by atoms with Gasteiger partial charge in [-0.2, -0.15) is 0 Å². The number of nitrogens with one attached hydrogen (secondary N) is 1. The molecule has 1 rings (SSSR count). The molecule has 14 heavy (non-hydrogen) atoms. The van der Waals surface area contributed by atoms with Gasteiger partial charge in [0.1, 0.15) is 12.0 Å². The highest BCUT2D eigenvalue weighted by Gasteiger charge is 2.04. The zero-order valence-corrected chi connectivity index (χ0v) is 7.67. The lowest BCUT2D eigenvalue weighted by atomic mass is 10.4. The molecule has 0 spiro atoms. The average Bonchev–Trinajstić information content (AvgIpc) is 2.15. The predicted octanol–water partition coefficient (Wildman–Crippen LogP) is 0.782. The van der Waals surface area contributed by atoms with Crippen LogP contribution in [0, 0.1) is 10.1 Å². The molecule has 0 aromatic carbocycles. The summed E-state index contributed by atoms with van der Waals surface area (Å²) in [5.41, 5.74) is -0.0485. The van der Waals surface area contributed by atoms with Gasteiger partial charge >= 0.3 is 0 Å². The van der Waals surface area contributed by atoms with E-state index in [4.69, 9.17) is 5.11 Å². The summed E-state index contributed by atoms with van der Waals surface area (Å²) in [7, 11) is 0. The topological polar surface area (TPSA) is 88.3 Å². The molecule has 76 valence electrons. The Morgan fingerprint density at radius 3 is 2.86 bits per heavy atom. The monoisotopic (exact) mass is 197 g/mol. The summed E-state index contributed by atoms with van der Waals surface area (Å²) in [6, 6.07) is 2.86. The molecule has 6 heteroatoms. The number of nitro groups is 1. The molecule has 0 saturated carbocycles. The first-order chi connectivity index (χ1) is 6.59. The Labute approximate surface area is 80.7 Å². The number of aliphatic hydroxyl groups is 1. The van der Waals surface area contributed by atoms with Gasteiger partial charge in [-0.15, -0.1) is 0 Å². The molecule has 0 aliphatic rings. The van der Waals surface area contributed by atoms with E-state index in [0.29, 0.717) is 12.4 Å². The van der Waals surface area contributed by atoms with Gasteiger partial charge in [0.05, 0.1) is 11.0 Å². The molecule has 0 unspecified atom stereocenters. The molecule has 1 heterocycles. The summed E-state index contributed by atoms with van der Waals surface area (Å²) in [6.45, 7) is 2.00. The van der Waals surface area contributed by atoms with E-state index in [1.54, 1.807) is 6.92 Å². The van der Waals surface area contributed by atoms with Crippen molar-refractivity contribution >= 4 is 11.5 Å². The first kappa shape index (κ1) is 10.4. The van der Waals surface area contributed by atoms with Crippen LogP contribution in [0.3, 0.4) is 0 Å². The Hall–Kier alpha value is -1.69. The van der Waals surface area contributed by atoms with Crippen LogP contribution in [0.1, 0.15) is 6.92 Å². The molecule has 1 atom stereocenters. The predicted molar refractivity (Wildman–Crippen MR) is 51.1 cm³/mol. The third kappa shape index (κ3) is 2.98. The maximum Gasteiger partial charge on any atom is 0.287 e. The van der Waals surface area contributed by atoms with E-state index in [-0.39, 0.29) is 5.69 Å². The van der Waals surface area contributed by atoms with Crippen molar-refractivity contribution in [1.29, 1.82) is 0 Å². The lowest BCUT2D eigenvalue weighted by Gasteiger charge is -2.06. The maximum absolute atomic E-state index is 10.3. The van der Waals surface area contributed by atoms with Crippen LogP contribution < -0.4 is 5.32 Å². The molecular formula is C8H11N3O3. The molecule has 1 aromatic heterocycles. The molecular weight excluding hydrogens is 186 g/mol. The Morgan fingerprint density at radius 2 is 2.43 bits per heavy atom. The van der Waals surface area contributed by atoms with Gasteiger partial charge in [0.15, 0.2) is 0 Å². The van der Waals surface area contributed by atoms with Crippen LogP contribution in [0.25, 0.3) is 0 Å². The van der Waals surface area contributed by atoms with Gasteiger partial charge in [-0.25, -0.2) is 4.98 Å². The second-order valence-corrected chi connectivity index (χ2v) is 2.89. The van der Waals surface area contributed by atoms with Crippen LogP contribution >= 0.6 is 0 Å². The third-order valence-corrected chi connectivity index (χ3v) is 1.54. The van der Waals surface area contributed by atoms with Crippen LogP contribution in [-0.2, 0) is 0 Å². The number of aromatic nitrogens is 1. The van der Waals surface area contributed by atoms with Crippen LogP contribution in [0.15, 0.2) is 18.3 Å². The molecule has 2 N–H and O–H groups in total. The number of rotatable bonds is 4. The van der Waals surface area contributed by atoms with E-state index in [2.05, 4.69) is 10.3 Å². The normalized spacial score (nSPS) is 12.1. The molecule has 0 aliphatic carbocycles. The van der Waals surface area contributed by atoms with Gasteiger partial charge in [-0.3, -0.25) is 10.1 Å². The number of aliphatic hydroxyl groups excluding tert-OH is 1. The zero-order valence-electron chi connectivity index (χ0n) is 7.67. The van der Waals surface area contributed by atoms with Crippen LogP contribution in [0.5, 0.6) is 0 Å². The highest BCUT2D eigenvalue weighted by atomic mass is 16.6.